The van der Waals surface area contributed by atoms with Gasteiger partial charge in [0, 0.05) is 45.3 Å². The summed E-state index contributed by atoms with van der Waals surface area (Å²) >= 11 is 0. The molecule has 0 radical (unpaired) electrons. The summed E-state index contributed by atoms with van der Waals surface area (Å²) in [5, 5.41) is 10.5. The average Bonchev–Trinajstić information content (AvgIpc) is 2.65. The minimum atomic E-state index is -0.485. The number of β-amino-alcohol motifs (C(OH)–C–C–N with tert-alkyl or cyclic N) is 1. The monoisotopic (exact) mass is 339 g/mol. The molecule has 2 aromatic carbocycles. The Bertz CT molecular complexity index is 612. The summed E-state index contributed by atoms with van der Waals surface area (Å²) in [6.45, 7) is 5.72. The fourth-order valence-electron chi connectivity index (χ4n) is 3.39. The van der Waals surface area contributed by atoms with Gasteiger partial charge >= 0.3 is 0 Å². The van der Waals surface area contributed by atoms with Crippen LogP contribution in [0.1, 0.15) is 11.1 Å². The van der Waals surface area contributed by atoms with Crippen LogP contribution in [0.15, 0.2) is 60.7 Å². The van der Waals surface area contributed by atoms with Crippen molar-refractivity contribution in [3.05, 3.63) is 71.8 Å². The number of benzene rings is 2. The predicted molar refractivity (Wildman–Crippen MR) is 102 cm³/mol. The van der Waals surface area contributed by atoms with Crippen molar-refractivity contribution >= 4 is 0 Å². The van der Waals surface area contributed by atoms with Crippen LogP contribution in [0.25, 0.3) is 0 Å². The van der Waals surface area contributed by atoms with Gasteiger partial charge < -0.3 is 10.8 Å². The van der Waals surface area contributed by atoms with Gasteiger partial charge in [0.1, 0.15) is 0 Å². The largest absolute Gasteiger partial charge is 0.390 e. The van der Waals surface area contributed by atoms with Gasteiger partial charge in [0.2, 0.25) is 0 Å². The van der Waals surface area contributed by atoms with E-state index in [9.17, 15) is 5.11 Å². The zero-order valence-corrected chi connectivity index (χ0v) is 14.8. The van der Waals surface area contributed by atoms with Crippen LogP contribution < -0.4 is 5.73 Å². The van der Waals surface area contributed by atoms with Crippen molar-refractivity contribution in [2.24, 2.45) is 5.73 Å². The maximum atomic E-state index is 10.5. The molecule has 0 aliphatic carbocycles. The Morgan fingerprint density at radius 2 is 1.32 bits per heavy atom. The Morgan fingerprint density at radius 3 is 1.92 bits per heavy atom. The lowest BCUT2D eigenvalue weighted by molar-refractivity contribution is 0.0579. The molecule has 1 aliphatic rings. The first-order chi connectivity index (χ1) is 12.2. The van der Waals surface area contributed by atoms with Crippen molar-refractivity contribution in [3.63, 3.8) is 0 Å². The smallest absolute Gasteiger partial charge is 0.0820 e. The Balaban J connectivity index is 1.40. The van der Waals surface area contributed by atoms with Crippen LogP contribution in [0.4, 0.5) is 0 Å². The van der Waals surface area contributed by atoms with Crippen molar-refractivity contribution in [1.29, 1.82) is 0 Å². The summed E-state index contributed by atoms with van der Waals surface area (Å²) in [5.74, 6) is 0. The molecule has 3 N–H and O–H groups in total. The van der Waals surface area contributed by atoms with E-state index in [0.29, 0.717) is 6.54 Å². The number of nitrogens with two attached hydrogens (primary N) is 1. The van der Waals surface area contributed by atoms with Gasteiger partial charge in [0.05, 0.1) is 6.10 Å². The van der Waals surface area contributed by atoms with E-state index in [4.69, 9.17) is 5.73 Å². The number of aliphatic hydroxyl groups excluding tert-OH is 1. The summed E-state index contributed by atoms with van der Waals surface area (Å²) in [4.78, 5) is 4.80. The van der Waals surface area contributed by atoms with Crippen LogP contribution >= 0.6 is 0 Å². The minimum absolute atomic E-state index is 0.218. The fourth-order valence-corrected chi connectivity index (χ4v) is 3.39. The molecule has 0 saturated carbocycles. The van der Waals surface area contributed by atoms with Crippen LogP contribution in [-0.2, 0) is 13.0 Å². The second-order valence-corrected chi connectivity index (χ2v) is 6.98. The maximum Gasteiger partial charge on any atom is 0.0820 e. The van der Waals surface area contributed by atoms with Crippen LogP contribution in [0.3, 0.4) is 0 Å². The second kappa shape index (κ2) is 9.11. The number of hydrogen-bond acceptors (Lipinski definition) is 4. The Labute approximate surface area is 150 Å². The molecule has 1 heterocycles. The SMILES string of the molecule is N[C@@H](Cc1ccccc1)[C@H](O)CN1CCN(Cc2ccccc2)CC1. The Kier molecular flexibility index (Phi) is 6.59. The second-order valence-electron chi connectivity index (χ2n) is 6.98. The highest BCUT2D eigenvalue weighted by Crippen LogP contribution is 2.10. The Hall–Kier alpha value is -1.72. The van der Waals surface area contributed by atoms with Gasteiger partial charge in [-0.05, 0) is 17.5 Å². The summed E-state index contributed by atoms with van der Waals surface area (Å²) in [6.07, 6.45) is 0.233. The molecule has 4 heteroatoms. The van der Waals surface area contributed by atoms with Crippen LogP contribution in [0, 0.1) is 0 Å². The first-order valence-electron chi connectivity index (χ1n) is 9.17. The summed E-state index contributed by atoms with van der Waals surface area (Å²) in [7, 11) is 0. The van der Waals surface area contributed by atoms with E-state index in [0.717, 1.165) is 39.1 Å². The quantitative estimate of drug-likeness (QED) is 0.807. The van der Waals surface area contributed by atoms with Crippen molar-refractivity contribution in [3.8, 4) is 0 Å². The summed E-state index contributed by atoms with van der Waals surface area (Å²) in [6, 6.07) is 20.5. The van der Waals surface area contributed by atoms with Gasteiger partial charge in [-0.1, -0.05) is 60.7 Å². The molecule has 0 unspecified atom stereocenters. The summed E-state index contributed by atoms with van der Waals surface area (Å²) in [5.41, 5.74) is 8.75. The van der Waals surface area contributed by atoms with E-state index in [1.807, 2.05) is 18.2 Å². The molecule has 2 aromatic rings. The van der Waals surface area contributed by atoms with E-state index in [2.05, 4.69) is 52.3 Å². The third kappa shape index (κ3) is 5.65. The molecule has 0 bridgehead atoms. The van der Waals surface area contributed by atoms with Gasteiger partial charge in [0.15, 0.2) is 0 Å². The van der Waals surface area contributed by atoms with Crippen molar-refractivity contribution in [1.82, 2.24) is 9.80 Å². The molecular weight excluding hydrogens is 310 g/mol. The molecule has 25 heavy (non-hydrogen) atoms. The molecular formula is C21H29N3O. The molecule has 0 aromatic heterocycles. The lowest BCUT2D eigenvalue weighted by Gasteiger charge is -2.36. The van der Waals surface area contributed by atoms with Crippen molar-refractivity contribution in [2.75, 3.05) is 32.7 Å². The number of aliphatic hydroxyl groups is 1. The lowest BCUT2D eigenvalue weighted by Crippen LogP contribution is -2.51. The van der Waals surface area contributed by atoms with Crippen LogP contribution in [0.2, 0.25) is 0 Å². The molecule has 1 saturated heterocycles. The zero-order chi connectivity index (χ0) is 17.5. The molecule has 4 nitrogen and oxygen atoms in total. The first-order valence-corrected chi connectivity index (χ1v) is 9.17. The standard InChI is InChI=1S/C21H29N3O/c22-20(15-18-7-3-1-4-8-18)21(25)17-24-13-11-23(12-14-24)16-19-9-5-2-6-10-19/h1-10,20-21,25H,11-17,22H2/t20-,21+/m0/s1. The first kappa shape index (κ1) is 18.1. The predicted octanol–water partition coefficient (Wildman–Crippen LogP) is 1.74. The molecule has 0 amide bonds. The van der Waals surface area contributed by atoms with E-state index in [-0.39, 0.29) is 6.04 Å². The van der Waals surface area contributed by atoms with E-state index in [1.165, 1.54) is 11.1 Å². The fraction of sp³-hybridized carbons (Fsp3) is 0.429. The van der Waals surface area contributed by atoms with Crippen molar-refractivity contribution in [2.45, 2.75) is 25.1 Å². The molecule has 134 valence electrons. The zero-order valence-electron chi connectivity index (χ0n) is 14.8. The lowest BCUT2D eigenvalue weighted by atomic mass is 10.0. The topological polar surface area (TPSA) is 52.7 Å². The number of nitrogens with zero attached hydrogens (tertiary/aromatic N) is 2. The van der Waals surface area contributed by atoms with Gasteiger partial charge in [0.25, 0.3) is 0 Å². The summed E-state index contributed by atoms with van der Waals surface area (Å²) < 4.78 is 0. The van der Waals surface area contributed by atoms with Gasteiger partial charge in [-0.15, -0.1) is 0 Å². The average molecular weight is 339 g/mol. The molecule has 1 aliphatic heterocycles. The maximum absolute atomic E-state index is 10.5. The van der Waals surface area contributed by atoms with Crippen LogP contribution in [-0.4, -0.2) is 59.8 Å². The van der Waals surface area contributed by atoms with E-state index < -0.39 is 6.10 Å². The van der Waals surface area contributed by atoms with E-state index in [1.54, 1.807) is 0 Å². The molecule has 3 rings (SSSR count). The molecule has 0 spiro atoms. The third-order valence-electron chi connectivity index (χ3n) is 4.97. The highest BCUT2D eigenvalue weighted by Gasteiger charge is 2.22. The number of hydrogen-bond donors (Lipinski definition) is 2. The van der Waals surface area contributed by atoms with Gasteiger partial charge in [-0.3, -0.25) is 9.80 Å². The Morgan fingerprint density at radius 1 is 0.800 bits per heavy atom. The van der Waals surface area contributed by atoms with E-state index >= 15 is 0 Å². The molecule has 2 atom stereocenters. The highest BCUT2D eigenvalue weighted by atomic mass is 16.3. The normalized spacial score (nSPS) is 18.8. The molecule has 1 fully saturated rings. The number of rotatable bonds is 7. The minimum Gasteiger partial charge on any atom is -0.390 e. The van der Waals surface area contributed by atoms with Gasteiger partial charge in [-0.25, -0.2) is 0 Å². The highest BCUT2D eigenvalue weighted by molar-refractivity contribution is 5.16. The van der Waals surface area contributed by atoms with Crippen LogP contribution in [0.5, 0.6) is 0 Å². The third-order valence-corrected chi connectivity index (χ3v) is 4.97. The number of piperazine rings is 1. The van der Waals surface area contributed by atoms with Gasteiger partial charge in [-0.2, -0.15) is 0 Å². The van der Waals surface area contributed by atoms with Crippen molar-refractivity contribution < 1.29 is 5.11 Å².